The van der Waals surface area contributed by atoms with Gasteiger partial charge in [-0.1, -0.05) is 0 Å². The van der Waals surface area contributed by atoms with Gasteiger partial charge in [-0.15, -0.1) is 0 Å². The van der Waals surface area contributed by atoms with Crippen molar-refractivity contribution in [3.05, 3.63) is 33.9 Å². The first-order valence-electron chi connectivity index (χ1n) is 5.90. The van der Waals surface area contributed by atoms with E-state index in [4.69, 9.17) is 5.73 Å². The average molecular weight is 265 g/mol. The van der Waals surface area contributed by atoms with Gasteiger partial charge in [-0.05, 0) is 25.0 Å². The summed E-state index contributed by atoms with van der Waals surface area (Å²) in [6.45, 7) is 0.535. The van der Waals surface area contributed by atoms with Crippen LogP contribution in [0.15, 0.2) is 18.2 Å². The van der Waals surface area contributed by atoms with E-state index in [1.807, 2.05) is 0 Å². The van der Waals surface area contributed by atoms with Crippen molar-refractivity contribution >= 4 is 17.3 Å². The molecule has 102 valence electrons. The highest BCUT2D eigenvalue weighted by Crippen LogP contribution is 2.45. The molecule has 1 aromatic rings. The molecule has 0 bridgehead atoms. The average Bonchev–Trinajstić information content (AvgIpc) is 3.16. The fraction of sp³-hybridized carbons (Fsp3) is 0.417. The number of hydrogen-bond acceptors (Lipinski definition) is 5. The minimum absolute atomic E-state index is 0.0627. The van der Waals surface area contributed by atoms with Crippen LogP contribution in [-0.2, 0) is 0 Å². The van der Waals surface area contributed by atoms with Gasteiger partial charge in [-0.3, -0.25) is 14.9 Å². The molecule has 1 aliphatic carbocycles. The van der Waals surface area contributed by atoms with E-state index < -0.39 is 10.8 Å². The van der Waals surface area contributed by atoms with Crippen LogP contribution >= 0.6 is 0 Å². The van der Waals surface area contributed by atoms with E-state index in [2.05, 4.69) is 5.32 Å². The van der Waals surface area contributed by atoms with Crippen LogP contribution in [0, 0.1) is 15.5 Å². The first-order valence-corrected chi connectivity index (χ1v) is 5.90. The predicted molar refractivity (Wildman–Crippen MR) is 68.9 cm³/mol. The highest BCUT2D eigenvalue weighted by Gasteiger charge is 2.42. The number of aliphatic hydroxyl groups excluding tert-OH is 1. The molecule has 7 heteroatoms. The summed E-state index contributed by atoms with van der Waals surface area (Å²) in [6.07, 6.45) is 1.81. The monoisotopic (exact) mass is 265 g/mol. The van der Waals surface area contributed by atoms with Gasteiger partial charge in [0.25, 0.3) is 5.69 Å². The van der Waals surface area contributed by atoms with Gasteiger partial charge in [0.15, 0.2) is 0 Å². The SMILES string of the molecule is NC(=O)c1ccc(NCC2(CO)CC2)c([N+](=O)[O-])c1. The number of benzene rings is 1. The number of nitrogens with one attached hydrogen (secondary N) is 1. The molecule has 0 atom stereocenters. The van der Waals surface area contributed by atoms with Crippen molar-refractivity contribution in [3.63, 3.8) is 0 Å². The van der Waals surface area contributed by atoms with Crippen molar-refractivity contribution in [2.24, 2.45) is 11.1 Å². The van der Waals surface area contributed by atoms with Gasteiger partial charge < -0.3 is 16.2 Å². The Morgan fingerprint density at radius 2 is 2.21 bits per heavy atom. The van der Waals surface area contributed by atoms with Gasteiger partial charge in [0.1, 0.15) is 5.69 Å². The number of nitrogens with zero attached hydrogens (tertiary/aromatic N) is 1. The second-order valence-electron chi connectivity index (χ2n) is 4.86. The van der Waals surface area contributed by atoms with Gasteiger partial charge in [-0.25, -0.2) is 0 Å². The number of nitro groups is 1. The van der Waals surface area contributed by atoms with E-state index >= 15 is 0 Å². The van der Waals surface area contributed by atoms with Gasteiger partial charge in [-0.2, -0.15) is 0 Å². The molecule has 0 aliphatic heterocycles. The van der Waals surface area contributed by atoms with Gasteiger partial charge in [0, 0.05) is 23.6 Å². The van der Waals surface area contributed by atoms with Crippen LogP contribution in [0.2, 0.25) is 0 Å². The minimum Gasteiger partial charge on any atom is -0.396 e. The van der Waals surface area contributed by atoms with E-state index in [0.717, 1.165) is 18.9 Å². The summed E-state index contributed by atoms with van der Waals surface area (Å²) in [4.78, 5) is 21.4. The smallest absolute Gasteiger partial charge is 0.293 e. The van der Waals surface area contributed by atoms with Crippen molar-refractivity contribution in [2.45, 2.75) is 12.8 Å². The molecule has 1 aromatic carbocycles. The molecule has 2 rings (SSSR count). The minimum atomic E-state index is -0.705. The predicted octanol–water partition coefficient (Wildman–Crippen LogP) is 0.878. The highest BCUT2D eigenvalue weighted by atomic mass is 16.6. The summed E-state index contributed by atoms with van der Waals surface area (Å²) >= 11 is 0. The summed E-state index contributed by atoms with van der Waals surface area (Å²) in [7, 11) is 0. The van der Waals surface area contributed by atoms with Gasteiger partial charge in [0.05, 0.1) is 11.5 Å². The maximum Gasteiger partial charge on any atom is 0.293 e. The Hall–Kier alpha value is -2.15. The molecule has 0 aromatic heterocycles. The Kier molecular flexibility index (Phi) is 3.39. The number of nitrogens with two attached hydrogens (primary N) is 1. The lowest BCUT2D eigenvalue weighted by molar-refractivity contribution is -0.384. The summed E-state index contributed by atoms with van der Waals surface area (Å²) < 4.78 is 0. The zero-order valence-corrected chi connectivity index (χ0v) is 10.3. The molecule has 0 heterocycles. The van der Waals surface area contributed by atoms with Gasteiger partial charge >= 0.3 is 0 Å². The maximum atomic E-state index is 11.0. The molecule has 4 N–H and O–H groups in total. The van der Waals surface area contributed by atoms with Crippen LogP contribution in [0.4, 0.5) is 11.4 Å². The first kappa shape index (κ1) is 13.3. The number of aliphatic hydroxyl groups is 1. The van der Waals surface area contributed by atoms with Gasteiger partial charge in [0.2, 0.25) is 5.91 Å². The molecule has 0 unspecified atom stereocenters. The number of primary amides is 1. The number of carbonyl (C=O) groups excluding carboxylic acids is 1. The summed E-state index contributed by atoms with van der Waals surface area (Å²) in [5, 5.41) is 23.1. The van der Waals surface area contributed by atoms with Crippen LogP contribution in [0.3, 0.4) is 0 Å². The third-order valence-electron chi connectivity index (χ3n) is 3.43. The zero-order valence-electron chi connectivity index (χ0n) is 10.3. The lowest BCUT2D eigenvalue weighted by atomic mass is 10.1. The third kappa shape index (κ3) is 2.82. The van der Waals surface area contributed by atoms with Crippen molar-refractivity contribution in [3.8, 4) is 0 Å². The van der Waals surface area contributed by atoms with Crippen molar-refractivity contribution in [1.29, 1.82) is 0 Å². The zero-order chi connectivity index (χ0) is 14.0. The first-order chi connectivity index (χ1) is 8.97. The number of hydrogen-bond donors (Lipinski definition) is 3. The standard InChI is InChI=1S/C12H15N3O4/c13-11(17)8-1-2-9(10(5-8)15(18)19)14-6-12(7-16)3-4-12/h1-2,5,14,16H,3-4,6-7H2,(H2,13,17). The molecule has 0 spiro atoms. The Balaban J connectivity index is 2.19. The molecular weight excluding hydrogens is 250 g/mol. The maximum absolute atomic E-state index is 11.0. The van der Waals surface area contributed by atoms with E-state index in [-0.39, 0.29) is 23.3 Å². The van der Waals surface area contributed by atoms with Crippen LogP contribution in [0.25, 0.3) is 0 Å². The Morgan fingerprint density at radius 3 is 2.68 bits per heavy atom. The van der Waals surface area contributed by atoms with Crippen molar-refractivity contribution < 1.29 is 14.8 Å². The van der Waals surface area contributed by atoms with Crippen LogP contribution < -0.4 is 11.1 Å². The molecule has 19 heavy (non-hydrogen) atoms. The molecule has 1 aliphatic rings. The number of amides is 1. The van der Waals surface area contributed by atoms with E-state index in [0.29, 0.717) is 12.2 Å². The van der Waals surface area contributed by atoms with E-state index in [1.165, 1.54) is 12.1 Å². The van der Waals surface area contributed by atoms with Crippen LogP contribution in [0.1, 0.15) is 23.2 Å². The molecule has 1 fully saturated rings. The van der Waals surface area contributed by atoms with Crippen LogP contribution in [-0.4, -0.2) is 29.1 Å². The Labute approximate surface area is 109 Å². The molecule has 0 radical (unpaired) electrons. The molecule has 7 nitrogen and oxygen atoms in total. The fourth-order valence-electron chi connectivity index (χ4n) is 1.84. The Bertz CT molecular complexity index is 526. The summed E-state index contributed by atoms with van der Waals surface area (Å²) in [6, 6.07) is 4.06. The summed E-state index contributed by atoms with van der Waals surface area (Å²) in [5.74, 6) is -0.705. The second kappa shape index (κ2) is 4.85. The molecule has 1 saturated carbocycles. The van der Waals surface area contributed by atoms with E-state index in [1.54, 1.807) is 0 Å². The van der Waals surface area contributed by atoms with Crippen molar-refractivity contribution in [2.75, 3.05) is 18.5 Å². The largest absolute Gasteiger partial charge is 0.396 e. The van der Waals surface area contributed by atoms with Crippen molar-refractivity contribution in [1.82, 2.24) is 0 Å². The molecule has 1 amide bonds. The quantitative estimate of drug-likeness (QED) is 0.521. The highest BCUT2D eigenvalue weighted by molar-refractivity contribution is 5.94. The topological polar surface area (TPSA) is 118 Å². The van der Waals surface area contributed by atoms with Crippen LogP contribution in [0.5, 0.6) is 0 Å². The number of rotatable bonds is 6. The number of anilines is 1. The molecular formula is C12H15N3O4. The number of carbonyl (C=O) groups is 1. The Morgan fingerprint density at radius 1 is 1.53 bits per heavy atom. The normalized spacial score (nSPS) is 15.8. The lowest BCUT2D eigenvalue weighted by Gasteiger charge is -2.14. The molecule has 0 saturated heterocycles. The number of nitro benzene ring substituents is 1. The second-order valence-corrected chi connectivity index (χ2v) is 4.86. The summed E-state index contributed by atoms with van der Waals surface area (Å²) in [5.41, 5.74) is 5.17. The fourth-order valence-corrected chi connectivity index (χ4v) is 1.84. The third-order valence-corrected chi connectivity index (χ3v) is 3.43. The lowest BCUT2D eigenvalue weighted by Crippen LogP contribution is -2.19. The van der Waals surface area contributed by atoms with E-state index in [9.17, 15) is 20.0 Å².